The maximum absolute atomic E-state index is 12.0. The summed E-state index contributed by atoms with van der Waals surface area (Å²) in [6.07, 6.45) is -4.73. The van der Waals surface area contributed by atoms with Gasteiger partial charge in [0.05, 0.1) is 6.61 Å². The highest BCUT2D eigenvalue weighted by molar-refractivity contribution is 5.39. The first-order chi connectivity index (χ1) is 7.54. The predicted octanol–water partition coefficient (Wildman–Crippen LogP) is 2.36. The van der Waals surface area contributed by atoms with Crippen LogP contribution in [0.4, 0.5) is 13.2 Å². The van der Waals surface area contributed by atoms with Gasteiger partial charge in [-0.25, -0.2) is 0 Å². The van der Waals surface area contributed by atoms with Crippen molar-refractivity contribution in [1.29, 1.82) is 0 Å². The second-order valence-corrected chi connectivity index (χ2v) is 3.26. The Hall–Kier alpha value is -1.43. The average molecular weight is 234 g/mol. The first-order valence-corrected chi connectivity index (χ1v) is 4.64. The van der Waals surface area contributed by atoms with Crippen LogP contribution in [0, 0.1) is 0 Å². The number of para-hydroxylation sites is 2. The van der Waals surface area contributed by atoms with Gasteiger partial charge in [-0.05, 0) is 12.1 Å². The molecule has 1 saturated heterocycles. The lowest BCUT2D eigenvalue weighted by Gasteiger charge is -2.13. The van der Waals surface area contributed by atoms with Crippen LogP contribution >= 0.6 is 0 Å². The zero-order valence-corrected chi connectivity index (χ0v) is 8.16. The maximum Gasteiger partial charge on any atom is 0.573 e. The molecule has 1 aromatic rings. The van der Waals surface area contributed by atoms with Crippen molar-refractivity contribution in [3.05, 3.63) is 24.3 Å². The molecule has 0 aromatic heterocycles. The Labute approximate surface area is 89.7 Å². The van der Waals surface area contributed by atoms with Crippen molar-refractivity contribution in [1.82, 2.24) is 0 Å². The zero-order valence-electron chi connectivity index (χ0n) is 8.16. The SMILES string of the molecule is FC(F)(F)Oc1ccccc1OCC1CO1. The molecule has 0 spiro atoms. The minimum absolute atomic E-state index is 0.0149. The molecule has 1 aliphatic rings. The molecule has 0 amide bonds. The summed E-state index contributed by atoms with van der Waals surface area (Å²) in [5, 5.41) is 0. The van der Waals surface area contributed by atoms with E-state index in [1.807, 2.05) is 0 Å². The predicted molar refractivity (Wildman–Crippen MR) is 48.4 cm³/mol. The number of halogens is 3. The monoisotopic (exact) mass is 234 g/mol. The van der Waals surface area contributed by atoms with Gasteiger partial charge in [-0.2, -0.15) is 0 Å². The summed E-state index contributed by atoms with van der Waals surface area (Å²) in [4.78, 5) is 0. The first-order valence-electron chi connectivity index (χ1n) is 4.64. The van der Waals surface area contributed by atoms with Crippen LogP contribution in [0.3, 0.4) is 0 Å². The number of rotatable bonds is 4. The largest absolute Gasteiger partial charge is 0.573 e. The number of epoxide rings is 1. The number of hydrogen-bond donors (Lipinski definition) is 0. The van der Waals surface area contributed by atoms with Crippen LogP contribution in [0.5, 0.6) is 11.5 Å². The van der Waals surface area contributed by atoms with E-state index in [1.54, 1.807) is 6.07 Å². The molecule has 0 N–H and O–H groups in total. The van der Waals surface area contributed by atoms with Crippen LogP contribution in [0.2, 0.25) is 0 Å². The Bertz CT molecular complexity index is 361. The fourth-order valence-electron chi connectivity index (χ4n) is 1.13. The summed E-state index contributed by atoms with van der Waals surface area (Å²) >= 11 is 0. The Kier molecular flexibility index (Phi) is 2.91. The van der Waals surface area contributed by atoms with E-state index >= 15 is 0 Å². The van der Waals surface area contributed by atoms with Crippen LogP contribution in [0.15, 0.2) is 24.3 Å². The Balaban J connectivity index is 2.03. The van der Waals surface area contributed by atoms with E-state index in [1.165, 1.54) is 18.2 Å². The summed E-state index contributed by atoms with van der Waals surface area (Å²) in [6, 6.07) is 5.65. The summed E-state index contributed by atoms with van der Waals surface area (Å²) < 4.78 is 49.9. The Morgan fingerprint density at radius 1 is 1.25 bits per heavy atom. The average Bonchev–Trinajstić information content (AvgIpc) is 2.98. The molecule has 16 heavy (non-hydrogen) atoms. The number of alkyl halides is 3. The van der Waals surface area contributed by atoms with Gasteiger partial charge in [-0.1, -0.05) is 12.1 Å². The summed E-state index contributed by atoms with van der Waals surface area (Å²) in [7, 11) is 0. The molecule has 1 aliphatic heterocycles. The molecule has 3 nitrogen and oxygen atoms in total. The van der Waals surface area contributed by atoms with E-state index in [0.717, 1.165) is 0 Å². The van der Waals surface area contributed by atoms with E-state index in [4.69, 9.17) is 9.47 Å². The van der Waals surface area contributed by atoms with Crippen molar-refractivity contribution >= 4 is 0 Å². The lowest BCUT2D eigenvalue weighted by molar-refractivity contribution is -0.275. The molecule has 0 aliphatic carbocycles. The van der Waals surface area contributed by atoms with Crippen molar-refractivity contribution in [3.63, 3.8) is 0 Å². The normalized spacial score (nSPS) is 19.3. The van der Waals surface area contributed by atoms with E-state index in [0.29, 0.717) is 6.61 Å². The minimum Gasteiger partial charge on any atom is -0.487 e. The number of ether oxygens (including phenoxy) is 3. The van der Waals surface area contributed by atoms with E-state index in [-0.39, 0.29) is 24.2 Å². The highest BCUT2D eigenvalue weighted by Crippen LogP contribution is 2.32. The Morgan fingerprint density at radius 2 is 1.88 bits per heavy atom. The van der Waals surface area contributed by atoms with Crippen LogP contribution in [-0.4, -0.2) is 25.7 Å². The van der Waals surface area contributed by atoms with Gasteiger partial charge < -0.3 is 14.2 Å². The molecule has 1 fully saturated rings. The van der Waals surface area contributed by atoms with Crippen molar-refractivity contribution in [2.45, 2.75) is 12.5 Å². The lowest BCUT2D eigenvalue weighted by Crippen LogP contribution is -2.18. The summed E-state index contributed by atoms with van der Waals surface area (Å²) in [5.41, 5.74) is 0. The van der Waals surface area contributed by atoms with E-state index < -0.39 is 6.36 Å². The molecular formula is C10H9F3O3. The molecule has 1 atom stereocenters. The third kappa shape index (κ3) is 3.30. The quantitative estimate of drug-likeness (QED) is 0.749. The molecule has 6 heteroatoms. The van der Waals surface area contributed by atoms with Gasteiger partial charge in [0.2, 0.25) is 0 Å². The molecule has 0 bridgehead atoms. The van der Waals surface area contributed by atoms with Gasteiger partial charge in [0.25, 0.3) is 0 Å². The van der Waals surface area contributed by atoms with E-state index in [9.17, 15) is 13.2 Å². The van der Waals surface area contributed by atoms with Crippen molar-refractivity contribution < 1.29 is 27.4 Å². The van der Waals surface area contributed by atoms with Gasteiger partial charge in [0.1, 0.15) is 12.7 Å². The van der Waals surface area contributed by atoms with E-state index in [2.05, 4.69) is 4.74 Å². The zero-order chi connectivity index (χ0) is 11.6. The third-order valence-electron chi connectivity index (χ3n) is 1.90. The fourth-order valence-corrected chi connectivity index (χ4v) is 1.13. The van der Waals surface area contributed by atoms with Crippen molar-refractivity contribution in [2.75, 3.05) is 13.2 Å². The second-order valence-electron chi connectivity index (χ2n) is 3.26. The lowest BCUT2D eigenvalue weighted by atomic mass is 10.3. The summed E-state index contributed by atoms with van der Waals surface area (Å²) in [5.74, 6) is -0.272. The summed E-state index contributed by atoms with van der Waals surface area (Å²) in [6.45, 7) is 0.820. The maximum atomic E-state index is 12.0. The smallest absolute Gasteiger partial charge is 0.487 e. The molecule has 1 heterocycles. The minimum atomic E-state index is -4.71. The molecule has 2 rings (SSSR count). The first kappa shape index (κ1) is 11.1. The highest BCUT2D eigenvalue weighted by Gasteiger charge is 2.32. The van der Waals surface area contributed by atoms with Crippen molar-refractivity contribution in [2.24, 2.45) is 0 Å². The highest BCUT2D eigenvalue weighted by atomic mass is 19.4. The topological polar surface area (TPSA) is 31.0 Å². The third-order valence-corrected chi connectivity index (χ3v) is 1.90. The molecule has 88 valence electrons. The van der Waals surface area contributed by atoms with Crippen LogP contribution in [0.25, 0.3) is 0 Å². The van der Waals surface area contributed by atoms with Gasteiger partial charge in [-0.3, -0.25) is 0 Å². The van der Waals surface area contributed by atoms with Gasteiger partial charge in [0.15, 0.2) is 11.5 Å². The fraction of sp³-hybridized carbons (Fsp3) is 0.400. The van der Waals surface area contributed by atoms with Crippen molar-refractivity contribution in [3.8, 4) is 11.5 Å². The van der Waals surface area contributed by atoms with Crippen LogP contribution in [-0.2, 0) is 4.74 Å². The molecule has 1 aromatic carbocycles. The molecule has 0 saturated carbocycles. The second kappa shape index (κ2) is 4.21. The Morgan fingerprint density at radius 3 is 2.44 bits per heavy atom. The molecule has 0 radical (unpaired) electrons. The van der Waals surface area contributed by atoms with Crippen LogP contribution < -0.4 is 9.47 Å². The van der Waals surface area contributed by atoms with Gasteiger partial charge >= 0.3 is 6.36 Å². The number of benzene rings is 1. The molecule has 1 unspecified atom stereocenters. The number of hydrogen-bond acceptors (Lipinski definition) is 3. The van der Waals surface area contributed by atoms with Gasteiger partial charge in [-0.15, -0.1) is 13.2 Å². The van der Waals surface area contributed by atoms with Crippen LogP contribution in [0.1, 0.15) is 0 Å². The molecular weight excluding hydrogens is 225 g/mol. The standard InChI is InChI=1S/C10H9F3O3/c11-10(12,13)16-9-4-2-1-3-8(9)15-6-7-5-14-7/h1-4,7H,5-6H2. The van der Waals surface area contributed by atoms with Gasteiger partial charge in [0, 0.05) is 0 Å².